The molecule has 0 aromatic heterocycles. The van der Waals surface area contributed by atoms with Gasteiger partial charge in [0.2, 0.25) is 0 Å². The van der Waals surface area contributed by atoms with Gasteiger partial charge in [-0.3, -0.25) is 4.79 Å². The molecule has 3 N–H and O–H groups in total. The molecule has 0 radical (unpaired) electrons. The lowest BCUT2D eigenvalue weighted by Crippen LogP contribution is -2.61. The average molecular weight is 203 g/mol. The summed E-state index contributed by atoms with van der Waals surface area (Å²) in [4.78, 5) is 11.0. The summed E-state index contributed by atoms with van der Waals surface area (Å²) in [7, 11) is 0. The summed E-state index contributed by atoms with van der Waals surface area (Å²) in [5.41, 5.74) is 4.74. The van der Waals surface area contributed by atoms with E-state index >= 15 is 0 Å². The van der Waals surface area contributed by atoms with Crippen LogP contribution in [0, 0.1) is 0 Å². The van der Waals surface area contributed by atoms with E-state index < -0.39 is 11.5 Å². The highest BCUT2D eigenvalue weighted by Crippen LogP contribution is 2.42. The Balaban J connectivity index is 2.82. The quantitative estimate of drug-likeness (QED) is 0.713. The molecule has 4 heteroatoms. The molecule has 13 heavy (non-hydrogen) atoms. The van der Waals surface area contributed by atoms with Crippen LogP contribution in [-0.4, -0.2) is 27.1 Å². The first-order valence-corrected chi connectivity index (χ1v) is 5.55. The number of aliphatic carboxylic acids is 1. The maximum atomic E-state index is 11.0. The van der Waals surface area contributed by atoms with Crippen LogP contribution in [0.15, 0.2) is 0 Å². The molecule has 1 aliphatic rings. The summed E-state index contributed by atoms with van der Waals surface area (Å²) < 4.78 is -0.308. The van der Waals surface area contributed by atoms with Crippen molar-refractivity contribution >= 4 is 17.7 Å². The van der Waals surface area contributed by atoms with E-state index in [1.54, 1.807) is 18.7 Å². The molecule has 1 saturated heterocycles. The second-order valence-corrected chi connectivity index (χ2v) is 5.64. The van der Waals surface area contributed by atoms with Gasteiger partial charge in [0, 0.05) is 4.75 Å². The number of hydrogen-bond acceptors (Lipinski definition) is 3. The zero-order valence-corrected chi connectivity index (χ0v) is 8.99. The SMILES string of the molecule is CC1(C(C)(N)C(=O)O)CCCCS1. The maximum Gasteiger partial charge on any atom is 0.324 e. The molecule has 1 heterocycles. The molecule has 0 amide bonds. The van der Waals surface area contributed by atoms with Gasteiger partial charge in [0.25, 0.3) is 0 Å². The highest BCUT2D eigenvalue weighted by molar-refractivity contribution is 8.00. The minimum atomic E-state index is -1.11. The molecule has 1 fully saturated rings. The summed E-state index contributed by atoms with van der Waals surface area (Å²) in [6, 6.07) is 0. The van der Waals surface area contributed by atoms with Crippen molar-refractivity contribution in [3.8, 4) is 0 Å². The molecule has 2 atom stereocenters. The molecule has 0 aromatic carbocycles. The van der Waals surface area contributed by atoms with Crippen LogP contribution < -0.4 is 5.73 Å². The molecule has 1 rings (SSSR count). The lowest BCUT2D eigenvalue weighted by Gasteiger charge is -2.42. The van der Waals surface area contributed by atoms with Crippen LogP contribution in [-0.2, 0) is 4.79 Å². The maximum absolute atomic E-state index is 11.0. The van der Waals surface area contributed by atoms with Gasteiger partial charge in [-0.1, -0.05) is 6.42 Å². The normalized spacial score (nSPS) is 33.8. The number of rotatable bonds is 2. The minimum Gasteiger partial charge on any atom is -0.480 e. The van der Waals surface area contributed by atoms with Crippen molar-refractivity contribution in [3.63, 3.8) is 0 Å². The highest BCUT2D eigenvalue weighted by atomic mass is 32.2. The van der Waals surface area contributed by atoms with E-state index in [1.807, 2.05) is 6.92 Å². The molecule has 1 aliphatic heterocycles. The largest absolute Gasteiger partial charge is 0.480 e. The molecule has 76 valence electrons. The zero-order chi connectivity index (χ0) is 10.1. The van der Waals surface area contributed by atoms with E-state index in [-0.39, 0.29) is 4.75 Å². The monoisotopic (exact) mass is 203 g/mol. The molecular weight excluding hydrogens is 186 g/mol. The van der Waals surface area contributed by atoms with Crippen molar-refractivity contribution in [3.05, 3.63) is 0 Å². The van der Waals surface area contributed by atoms with Crippen LogP contribution in [0.2, 0.25) is 0 Å². The van der Waals surface area contributed by atoms with Crippen molar-refractivity contribution in [2.45, 2.75) is 43.4 Å². The Labute approximate surface area is 83.1 Å². The molecule has 0 saturated carbocycles. The fourth-order valence-electron chi connectivity index (χ4n) is 1.57. The molecular formula is C9H17NO2S. The molecule has 0 spiro atoms. The van der Waals surface area contributed by atoms with Crippen molar-refractivity contribution in [1.82, 2.24) is 0 Å². The Hall–Kier alpha value is -0.220. The summed E-state index contributed by atoms with van der Waals surface area (Å²) in [6.07, 6.45) is 3.16. The standard InChI is InChI=1S/C9H17NO2S/c1-8(5-3-4-6-13-8)9(2,10)7(11)12/h3-6,10H2,1-2H3,(H,11,12). The van der Waals surface area contributed by atoms with Gasteiger partial charge in [0.15, 0.2) is 0 Å². The van der Waals surface area contributed by atoms with E-state index in [0.29, 0.717) is 0 Å². The lowest BCUT2D eigenvalue weighted by molar-refractivity contribution is -0.143. The number of carbonyl (C=O) groups is 1. The minimum absolute atomic E-state index is 0.308. The first-order valence-electron chi connectivity index (χ1n) is 4.56. The van der Waals surface area contributed by atoms with Crippen LogP contribution in [0.3, 0.4) is 0 Å². The summed E-state index contributed by atoms with van der Waals surface area (Å²) in [5.74, 6) is 0.126. The number of thioether (sulfide) groups is 1. The van der Waals surface area contributed by atoms with Crippen molar-refractivity contribution in [2.24, 2.45) is 5.73 Å². The lowest BCUT2D eigenvalue weighted by atomic mass is 9.83. The van der Waals surface area contributed by atoms with E-state index in [9.17, 15) is 4.79 Å². The van der Waals surface area contributed by atoms with Gasteiger partial charge < -0.3 is 10.8 Å². The highest BCUT2D eigenvalue weighted by Gasteiger charge is 2.48. The number of carboxylic acid groups (broad SMARTS) is 1. The Morgan fingerprint density at radius 3 is 2.62 bits per heavy atom. The second-order valence-electron chi connectivity index (χ2n) is 4.04. The van der Waals surface area contributed by atoms with Crippen molar-refractivity contribution in [1.29, 1.82) is 0 Å². The summed E-state index contributed by atoms with van der Waals surface area (Å²) >= 11 is 1.69. The molecule has 3 nitrogen and oxygen atoms in total. The molecule has 0 aromatic rings. The average Bonchev–Trinajstić information content (AvgIpc) is 2.05. The van der Waals surface area contributed by atoms with E-state index in [4.69, 9.17) is 10.8 Å². The number of nitrogens with two attached hydrogens (primary N) is 1. The van der Waals surface area contributed by atoms with Crippen LogP contribution in [0.5, 0.6) is 0 Å². The van der Waals surface area contributed by atoms with Gasteiger partial charge in [-0.25, -0.2) is 0 Å². The van der Waals surface area contributed by atoms with Gasteiger partial charge in [0.1, 0.15) is 5.54 Å². The first kappa shape index (κ1) is 10.9. The predicted molar refractivity (Wildman–Crippen MR) is 54.9 cm³/mol. The third-order valence-corrected chi connectivity index (χ3v) is 4.77. The van der Waals surface area contributed by atoms with Crippen LogP contribution in [0.4, 0.5) is 0 Å². The van der Waals surface area contributed by atoms with Crippen LogP contribution in [0.25, 0.3) is 0 Å². The number of carboxylic acids is 1. The van der Waals surface area contributed by atoms with Crippen molar-refractivity contribution < 1.29 is 9.90 Å². The Morgan fingerprint density at radius 1 is 1.62 bits per heavy atom. The van der Waals surface area contributed by atoms with E-state index in [2.05, 4.69) is 0 Å². The van der Waals surface area contributed by atoms with Crippen LogP contribution in [0.1, 0.15) is 33.1 Å². The topological polar surface area (TPSA) is 63.3 Å². The van der Waals surface area contributed by atoms with Gasteiger partial charge in [-0.05, 0) is 32.4 Å². The van der Waals surface area contributed by atoms with Crippen LogP contribution >= 0.6 is 11.8 Å². The Bertz CT molecular complexity index is 210. The second kappa shape index (κ2) is 3.50. The smallest absolute Gasteiger partial charge is 0.324 e. The third kappa shape index (κ3) is 1.83. The Morgan fingerprint density at radius 2 is 2.23 bits per heavy atom. The molecule has 0 bridgehead atoms. The van der Waals surface area contributed by atoms with E-state index in [0.717, 1.165) is 18.6 Å². The summed E-state index contributed by atoms with van der Waals surface area (Å²) in [5, 5.41) is 9.02. The van der Waals surface area contributed by atoms with Gasteiger partial charge in [-0.15, -0.1) is 0 Å². The van der Waals surface area contributed by atoms with Gasteiger partial charge >= 0.3 is 5.97 Å². The fraction of sp³-hybridized carbons (Fsp3) is 0.889. The molecule has 2 unspecified atom stereocenters. The van der Waals surface area contributed by atoms with Crippen molar-refractivity contribution in [2.75, 3.05) is 5.75 Å². The third-order valence-electron chi connectivity index (χ3n) is 3.01. The zero-order valence-electron chi connectivity index (χ0n) is 8.17. The van der Waals surface area contributed by atoms with E-state index in [1.165, 1.54) is 6.42 Å². The van der Waals surface area contributed by atoms with Gasteiger partial charge in [0.05, 0.1) is 0 Å². The summed E-state index contributed by atoms with van der Waals surface area (Å²) in [6.45, 7) is 3.58. The predicted octanol–water partition coefficient (Wildman–Crippen LogP) is 1.46. The fourth-order valence-corrected chi connectivity index (χ4v) is 3.04. The first-order chi connectivity index (χ1) is 5.90. The van der Waals surface area contributed by atoms with Gasteiger partial charge in [-0.2, -0.15) is 11.8 Å². The number of hydrogen-bond donors (Lipinski definition) is 2. The molecule has 0 aliphatic carbocycles. The Kier molecular flexibility index (Phi) is 2.92.